The third kappa shape index (κ3) is 2.00. The fraction of sp³-hybridized carbons (Fsp3) is 0.600. The molecule has 2 unspecified atom stereocenters. The number of esters is 1. The zero-order valence-corrected chi connectivity index (χ0v) is 20.2. The summed E-state index contributed by atoms with van der Waals surface area (Å²) in [4.78, 5) is 30.7. The van der Waals surface area contributed by atoms with Gasteiger partial charge in [0.1, 0.15) is 17.4 Å². The zero-order valence-electron chi connectivity index (χ0n) is 20.2. The summed E-state index contributed by atoms with van der Waals surface area (Å²) >= 11 is 0. The van der Waals surface area contributed by atoms with Gasteiger partial charge in [-0.1, -0.05) is 12.1 Å². The highest BCUT2D eigenvalue weighted by Gasteiger charge is 2.91. The van der Waals surface area contributed by atoms with Crippen LogP contribution < -0.4 is 9.64 Å². The molecule has 1 saturated heterocycles. The molecule has 188 valence electrons. The molecule has 3 saturated carbocycles. The molecule has 3 aliphatic heterocycles. The van der Waals surface area contributed by atoms with Crippen molar-refractivity contribution < 1.29 is 38.7 Å². The number of carbonyl (C=O) groups excluding carboxylic acids is 2. The second-order valence-corrected chi connectivity index (χ2v) is 10.2. The summed E-state index contributed by atoms with van der Waals surface area (Å²) in [6, 6.07) is 5.14. The van der Waals surface area contributed by atoms with E-state index in [-0.39, 0.29) is 12.5 Å². The monoisotopic (exact) mass is 486 g/mol. The van der Waals surface area contributed by atoms with E-state index < -0.39 is 46.2 Å². The number of amides is 1. The number of benzene rings is 1. The number of hydrogen-bond acceptors (Lipinski definition) is 9. The number of hydrogen-bond donors (Lipinski definition) is 2. The topological polar surface area (TPSA) is 118 Å². The van der Waals surface area contributed by atoms with Crippen molar-refractivity contribution in [2.24, 2.45) is 5.41 Å². The lowest BCUT2D eigenvalue weighted by molar-refractivity contribution is -0.290. The second kappa shape index (κ2) is 6.89. The SMILES string of the molecule is COC(=O)N1c2c(OC)cccc2[C@@]23CCN4C=C[C@H](OC)[C@]5(CC[C@]12C(O)(C(=O)OC)C5O)[C@H]43. The molecule has 1 aromatic rings. The fourth-order valence-electron chi connectivity index (χ4n) is 8.75. The lowest BCUT2D eigenvalue weighted by Crippen LogP contribution is -2.92. The zero-order chi connectivity index (χ0) is 25.0. The van der Waals surface area contributed by atoms with Gasteiger partial charge < -0.3 is 34.1 Å². The summed E-state index contributed by atoms with van der Waals surface area (Å²) in [6.45, 7) is 0.608. The largest absolute Gasteiger partial charge is 0.495 e. The van der Waals surface area contributed by atoms with E-state index in [2.05, 4.69) is 4.90 Å². The van der Waals surface area contributed by atoms with E-state index in [4.69, 9.17) is 18.9 Å². The molecule has 7 rings (SSSR count). The molecule has 10 heteroatoms. The van der Waals surface area contributed by atoms with Crippen LogP contribution in [0.15, 0.2) is 30.5 Å². The number of carbonyl (C=O) groups is 2. The summed E-state index contributed by atoms with van der Waals surface area (Å²) < 4.78 is 22.0. The number of methoxy groups -OCH3 is 4. The summed E-state index contributed by atoms with van der Waals surface area (Å²) in [5, 5.41) is 24.6. The molecule has 3 aliphatic carbocycles. The molecule has 7 atom stereocenters. The van der Waals surface area contributed by atoms with E-state index in [1.165, 1.54) is 26.2 Å². The first-order valence-electron chi connectivity index (χ1n) is 11.8. The maximum Gasteiger partial charge on any atom is 0.414 e. The lowest BCUT2D eigenvalue weighted by Gasteiger charge is -2.73. The average Bonchev–Trinajstić information content (AvgIpc) is 3.42. The first-order valence-corrected chi connectivity index (χ1v) is 11.8. The van der Waals surface area contributed by atoms with Crippen molar-refractivity contribution in [2.45, 2.75) is 54.1 Å². The van der Waals surface area contributed by atoms with Gasteiger partial charge in [0.15, 0.2) is 0 Å². The van der Waals surface area contributed by atoms with Gasteiger partial charge >= 0.3 is 12.1 Å². The minimum Gasteiger partial charge on any atom is -0.495 e. The van der Waals surface area contributed by atoms with E-state index in [9.17, 15) is 19.8 Å². The van der Waals surface area contributed by atoms with Crippen molar-refractivity contribution in [1.29, 1.82) is 0 Å². The van der Waals surface area contributed by atoms with Gasteiger partial charge in [0.05, 0.1) is 44.6 Å². The fourth-order valence-corrected chi connectivity index (χ4v) is 8.75. The second-order valence-electron chi connectivity index (χ2n) is 10.2. The highest BCUT2D eigenvalue weighted by atomic mass is 16.6. The van der Waals surface area contributed by atoms with E-state index in [0.29, 0.717) is 30.8 Å². The molecule has 4 fully saturated rings. The summed E-state index contributed by atoms with van der Waals surface area (Å²) in [5.41, 5.74) is -4.80. The van der Waals surface area contributed by atoms with Crippen LogP contribution in [0.25, 0.3) is 0 Å². The number of nitrogens with zero attached hydrogens (tertiary/aromatic N) is 2. The standard InChI is InChI=1S/C25H30N2O8/c1-32-15-7-5-6-14-17(15)27(21(30)35-4)24-10-9-22(19(28)25(24,31)20(29)34-3)16(33-2)8-12-26-13-11-23(14,24)18(22)26/h5-8,12,16,18-19,28,31H,9-11,13H2,1-4H3/t16-,18-,19?,22+,23+,24-,25?/m0/s1. The number of rotatable bonds is 3. The Morgan fingerprint density at radius 1 is 1.09 bits per heavy atom. The molecule has 3 heterocycles. The van der Waals surface area contributed by atoms with Gasteiger partial charge in [-0.25, -0.2) is 9.59 Å². The summed E-state index contributed by atoms with van der Waals surface area (Å²) in [7, 11) is 5.50. The number of para-hydroxylation sites is 1. The van der Waals surface area contributed by atoms with Crippen LogP contribution >= 0.6 is 0 Å². The minimum absolute atomic E-state index is 0.223. The van der Waals surface area contributed by atoms with Crippen LogP contribution in [0.2, 0.25) is 0 Å². The number of anilines is 1. The van der Waals surface area contributed by atoms with E-state index in [0.717, 1.165) is 5.56 Å². The van der Waals surface area contributed by atoms with E-state index >= 15 is 0 Å². The van der Waals surface area contributed by atoms with Gasteiger partial charge in [-0.15, -0.1) is 0 Å². The first-order chi connectivity index (χ1) is 16.8. The average molecular weight is 487 g/mol. The highest BCUT2D eigenvalue weighted by Crippen LogP contribution is 2.77. The maximum atomic E-state index is 13.6. The van der Waals surface area contributed by atoms with Crippen molar-refractivity contribution in [2.75, 3.05) is 39.9 Å². The number of fused-ring (bicyclic) bond motifs is 3. The molecule has 2 bridgehead atoms. The predicted molar refractivity (Wildman–Crippen MR) is 122 cm³/mol. The van der Waals surface area contributed by atoms with Gasteiger partial charge in [0, 0.05) is 19.1 Å². The quantitative estimate of drug-likeness (QED) is 0.602. The summed E-state index contributed by atoms with van der Waals surface area (Å²) in [6.07, 6.45) is 2.11. The Balaban J connectivity index is 1.79. The Morgan fingerprint density at radius 2 is 1.86 bits per heavy atom. The van der Waals surface area contributed by atoms with Crippen molar-refractivity contribution in [1.82, 2.24) is 4.90 Å². The molecule has 1 amide bonds. The first kappa shape index (κ1) is 22.6. The highest BCUT2D eigenvalue weighted by molar-refractivity contribution is 6.01. The van der Waals surface area contributed by atoms with Crippen molar-refractivity contribution in [3.63, 3.8) is 0 Å². The van der Waals surface area contributed by atoms with Crippen LogP contribution in [0.3, 0.4) is 0 Å². The Labute approximate surface area is 203 Å². The molecule has 0 aromatic heterocycles. The molecule has 3 spiro atoms. The van der Waals surface area contributed by atoms with Crippen LogP contribution in [0.5, 0.6) is 5.75 Å². The van der Waals surface area contributed by atoms with E-state index in [1.54, 1.807) is 13.2 Å². The predicted octanol–water partition coefficient (Wildman–Crippen LogP) is 0.934. The van der Waals surface area contributed by atoms with Crippen molar-refractivity contribution >= 4 is 17.7 Å². The number of aliphatic hydroxyl groups excluding tert-OH is 1. The van der Waals surface area contributed by atoms with Gasteiger partial charge in [-0.2, -0.15) is 0 Å². The normalized spacial score (nSPS) is 41.8. The van der Waals surface area contributed by atoms with Gasteiger partial charge in [0.2, 0.25) is 5.60 Å². The van der Waals surface area contributed by atoms with Crippen LogP contribution in [-0.2, 0) is 24.4 Å². The van der Waals surface area contributed by atoms with Crippen LogP contribution in [0.4, 0.5) is 10.5 Å². The Morgan fingerprint density at radius 3 is 2.51 bits per heavy atom. The number of aliphatic hydroxyl groups is 2. The Bertz CT molecular complexity index is 1160. The molecule has 35 heavy (non-hydrogen) atoms. The van der Waals surface area contributed by atoms with Gasteiger partial charge in [-0.05, 0) is 43.2 Å². The molecule has 6 aliphatic rings. The van der Waals surface area contributed by atoms with E-state index in [1.807, 2.05) is 24.4 Å². The molecule has 0 radical (unpaired) electrons. The Hall–Kier alpha value is -2.82. The van der Waals surface area contributed by atoms with Crippen LogP contribution in [0.1, 0.15) is 24.8 Å². The molecule has 10 nitrogen and oxygen atoms in total. The van der Waals surface area contributed by atoms with Crippen molar-refractivity contribution in [3.05, 3.63) is 36.0 Å². The molecule has 1 aromatic carbocycles. The molecular weight excluding hydrogens is 456 g/mol. The van der Waals surface area contributed by atoms with Gasteiger partial charge in [0.25, 0.3) is 0 Å². The Kier molecular flexibility index (Phi) is 4.46. The molecule has 2 N–H and O–H groups in total. The summed E-state index contributed by atoms with van der Waals surface area (Å²) in [5.74, 6) is -0.580. The molecular formula is C25H30N2O8. The van der Waals surface area contributed by atoms with Crippen LogP contribution in [0, 0.1) is 5.41 Å². The smallest absolute Gasteiger partial charge is 0.414 e. The van der Waals surface area contributed by atoms with Gasteiger partial charge in [-0.3, -0.25) is 4.90 Å². The van der Waals surface area contributed by atoms with Crippen molar-refractivity contribution in [3.8, 4) is 5.75 Å². The third-order valence-electron chi connectivity index (χ3n) is 9.66. The lowest BCUT2D eigenvalue weighted by atomic mass is 9.36. The third-order valence-corrected chi connectivity index (χ3v) is 9.66. The minimum atomic E-state index is -2.47. The number of ether oxygens (including phenoxy) is 4. The maximum absolute atomic E-state index is 13.6. The van der Waals surface area contributed by atoms with Crippen LogP contribution in [-0.4, -0.2) is 91.5 Å².